The molecule has 114 valence electrons. The Morgan fingerprint density at radius 2 is 1.96 bits per heavy atom. The molecule has 1 amide bonds. The molecular formula is C18H16N4O. The third-order valence-corrected chi connectivity index (χ3v) is 3.39. The molecule has 5 nitrogen and oxygen atoms in total. The van der Waals surface area contributed by atoms with Gasteiger partial charge in [0, 0.05) is 25.1 Å². The molecule has 0 spiro atoms. The number of aromatic nitrogens is 3. The highest BCUT2D eigenvalue weighted by molar-refractivity contribution is 5.92. The first-order valence-corrected chi connectivity index (χ1v) is 7.28. The lowest BCUT2D eigenvalue weighted by Crippen LogP contribution is -2.22. The summed E-state index contributed by atoms with van der Waals surface area (Å²) < 4.78 is 1.93. The van der Waals surface area contributed by atoms with Gasteiger partial charge in [0.05, 0.1) is 6.20 Å². The Balaban J connectivity index is 1.93. The van der Waals surface area contributed by atoms with E-state index in [9.17, 15) is 4.79 Å². The van der Waals surface area contributed by atoms with Crippen molar-refractivity contribution in [1.29, 1.82) is 0 Å². The van der Waals surface area contributed by atoms with Crippen molar-refractivity contribution in [3.63, 3.8) is 0 Å². The van der Waals surface area contributed by atoms with Crippen LogP contribution in [0.4, 0.5) is 0 Å². The van der Waals surface area contributed by atoms with Gasteiger partial charge >= 0.3 is 0 Å². The molecule has 0 atom stereocenters. The first-order valence-electron chi connectivity index (χ1n) is 7.28. The smallest absolute Gasteiger partial charge is 0.299 e. The zero-order chi connectivity index (χ0) is 16.1. The second-order valence-electron chi connectivity index (χ2n) is 5.18. The summed E-state index contributed by atoms with van der Waals surface area (Å²) in [5.41, 5.74) is 3.19. The Labute approximate surface area is 134 Å². The van der Waals surface area contributed by atoms with Gasteiger partial charge in [-0.2, -0.15) is 4.99 Å². The van der Waals surface area contributed by atoms with E-state index < -0.39 is 5.91 Å². The predicted molar refractivity (Wildman–Crippen MR) is 86.6 cm³/mol. The van der Waals surface area contributed by atoms with E-state index >= 15 is 0 Å². The van der Waals surface area contributed by atoms with Gasteiger partial charge in [-0.15, -0.1) is 0 Å². The van der Waals surface area contributed by atoms with Crippen molar-refractivity contribution in [1.82, 2.24) is 14.5 Å². The highest BCUT2D eigenvalue weighted by atomic mass is 16.1. The largest absolute Gasteiger partial charge is 0.328 e. The van der Waals surface area contributed by atoms with Gasteiger partial charge < -0.3 is 4.57 Å². The van der Waals surface area contributed by atoms with Gasteiger partial charge in [0.2, 0.25) is 0 Å². The molecule has 2 aromatic heterocycles. The van der Waals surface area contributed by atoms with Crippen molar-refractivity contribution in [3.8, 4) is 0 Å². The van der Waals surface area contributed by atoms with Crippen molar-refractivity contribution in [2.75, 3.05) is 0 Å². The topological polar surface area (TPSA) is 60.1 Å². The molecule has 0 aliphatic rings. The molecule has 1 aromatic carbocycles. The van der Waals surface area contributed by atoms with E-state index in [0.29, 0.717) is 12.0 Å². The van der Waals surface area contributed by atoms with Gasteiger partial charge in [-0.3, -0.25) is 9.78 Å². The first kappa shape index (κ1) is 14.8. The Bertz CT molecular complexity index is 867. The molecule has 0 N–H and O–H groups in total. The van der Waals surface area contributed by atoms with Crippen LogP contribution in [-0.2, 0) is 6.54 Å². The molecule has 3 rings (SSSR count). The summed E-state index contributed by atoms with van der Waals surface area (Å²) in [6, 6.07) is 13.9. The minimum absolute atomic E-state index is 0.234. The van der Waals surface area contributed by atoms with Crippen molar-refractivity contribution in [3.05, 3.63) is 89.6 Å². The molecule has 3 aromatic rings. The molecule has 0 unspecified atom stereocenters. The number of rotatable bonds is 3. The second-order valence-corrected chi connectivity index (χ2v) is 5.18. The molecule has 0 saturated carbocycles. The monoisotopic (exact) mass is 304 g/mol. The van der Waals surface area contributed by atoms with Crippen LogP contribution in [0.5, 0.6) is 0 Å². The zero-order valence-corrected chi connectivity index (χ0v) is 12.8. The normalized spacial score (nSPS) is 11.4. The average Bonchev–Trinajstić information content (AvgIpc) is 2.59. The quantitative estimate of drug-likeness (QED) is 0.746. The van der Waals surface area contributed by atoms with Crippen LogP contribution in [0.1, 0.15) is 21.6 Å². The van der Waals surface area contributed by atoms with Crippen LogP contribution in [0.3, 0.4) is 0 Å². The van der Waals surface area contributed by atoms with Crippen LogP contribution in [0.15, 0.2) is 72.2 Å². The van der Waals surface area contributed by atoms with Crippen LogP contribution in [-0.4, -0.2) is 20.4 Å². The molecule has 0 bridgehead atoms. The van der Waals surface area contributed by atoms with Gasteiger partial charge in [0.25, 0.3) is 5.91 Å². The fourth-order valence-electron chi connectivity index (χ4n) is 2.16. The summed E-state index contributed by atoms with van der Waals surface area (Å²) in [7, 11) is 0. The number of hydrogen-bond acceptors (Lipinski definition) is 3. The first-order chi connectivity index (χ1) is 11.2. The Kier molecular flexibility index (Phi) is 4.38. The summed E-state index contributed by atoms with van der Waals surface area (Å²) in [5.74, 6) is -0.401. The minimum atomic E-state index is -0.401. The van der Waals surface area contributed by atoms with Crippen molar-refractivity contribution in [2.24, 2.45) is 4.99 Å². The SMILES string of the molecule is Cc1ccc(Cn2ccccc2=NC(=O)c2cnccn2)cc1. The lowest BCUT2D eigenvalue weighted by Gasteiger charge is -2.07. The number of hydrogen-bond donors (Lipinski definition) is 0. The number of benzene rings is 1. The Morgan fingerprint density at radius 1 is 1.13 bits per heavy atom. The summed E-state index contributed by atoms with van der Waals surface area (Å²) >= 11 is 0. The number of amides is 1. The standard InChI is InChI=1S/C18H16N4O/c1-14-5-7-15(8-6-14)13-22-11-3-2-4-17(22)21-18(23)16-12-19-9-10-20-16/h2-12H,13H2,1H3. The van der Waals surface area contributed by atoms with E-state index in [2.05, 4.69) is 46.1 Å². The van der Waals surface area contributed by atoms with Crippen LogP contribution in [0, 0.1) is 6.92 Å². The molecule has 0 saturated heterocycles. The van der Waals surface area contributed by atoms with E-state index in [0.717, 1.165) is 5.56 Å². The molecule has 23 heavy (non-hydrogen) atoms. The third kappa shape index (κ3) is 3.77. The Morgan fingerprint density at radius 3 is 2.70 bits per heavy atom. The van der Waals surface area contributed by atoms with E-state index in [1.807, 2.05) is 29.0 Å². The predicted octanol–water partition coefficient (Wildman–Crippen LogP) is 2.38. The second kappa shape index (κ2) is 6.79. The van der Waals surface area contributed by atoms with Gasteiger partial charge in [0.1, 0.15) is 11.2 Å². The molecule has 2 heterocycles. The summed E-state index contributed by atoms with van der Waals surface area (Å²) in [6.07, 6.45) is 6.33. The van der Waals surface area contributed by atoms with Gasteiger partial charge in [-0.05, 0) is 24.6 Å². The molecule has 5 heteroatoms. The minimum Gasteiger partial charge on any atom is -0.328 e. The Hall–Kier alpha value is -3.08. The number of pyridine rings is 1. The van der Waals surface area contributed by atoms with E-state index in [1.165, 1.54) is 24.2 Å². The summed E-state index contributed by atoms with van der Waals surface area (Å²) in [5, 5.41) is 0. The van der Waals surface area contributed by atoms with Crippen LogP contribution in [0.25, 0.3) is 0 Å². The van der Waals surface area contributed by atoms with Gasteiger partial charge in [0.15, 0.2) is 0 Å². The highest BCUT2D eigenvalue weighted by Gasteiger charge is 2.05. The maximum Gasteiger partial charge on any atom is 0.299 e. The van der Waals surface area contributed by atoms with E-state index in [-0.39, 0.29) is 5.69 Å². The van der Waals surface area contributed by atoms with Crippen molar-refractivity contribution >= 4 is 5.91 Å². The lowest BCUT2D eigenvalue weighted by molar-refractivity contribution is 0.0992. The van der Waals surface area contributed by atoms with Crippen LogP contribution in [0.2, 0.25) is 0 Å². The fourth-order valence-corrected chi connectivity index (χ4v) is 2.16. The highest BCUT2D eigenvalue weighted by Crippen LogP contribution is 2.04. The number of aryl methyl sites for hydroxylation is 1. The van der Waals surface area contributed by atoms with Crippen molar-refractivity contribution in [2.45, 2.75) is 13.5 Å². The van der Waals surface area contributed by atoms with Crippen molar-refractivity contribution < 1.29 is 4.79 Å². The summed E-state index contributed by atoms with van der Waals surface area (Å²) in [6.45, 7) is 2.70. The van der Waals surface area contributed by atoms with Crippen LogP contribution < -0.4 is 5.49 Å². The lowest BCUT2D eigenvalue weighted by atomic mass is 10.1. The van der Waals surface area contributed by atoms with E-state index in [1.54, 1.807) is 0 Å². The summed E-state index contributed by atoms with van der Waals surface area (Å²) in [4.78, 5) is 24.2. The number of nitrogens with zero attached hydrogens (tertiary/aromatic N) is 4. The molecular weight excluding hydrogens is 288 g/mol. The van der Waals surface area contributed by atoms with Crippen LogP contribution >= 0.6 is 0 Å². The third-order valence-electron chi connectivity index (χ3n) is 3.39. The van der Waals surface area contributed by atoms with Gasteiger partial charge in [-0.1, -0.05) is 35.9 Å². The molecule has 0 aliphatic heterocycles. The maximum atomic E-state index is 12.2. The molecule has 0 fully saturated rings. The molecule has 0 aliphatic carbocycles. The number of carbonyl (C=O) groups excluding carboxylic acids is 1. The fraction of sp³-hybridized carbons (Fsp3) is 0.111. The average molecular weight is 304 g/mol. The van der Waals surface area contributed by atoms with E-state index in [4.69, 9.17) is 0 Å². The maximum absolute atomic E-state index is 12.2. The zero-order valence-electron chi connectivity index (χ0n) is 12.8. The molecule has 0 radical (unpaired) electrons. The van der Waals surface area contributed by atoms with Gasteiger partial charge in [-0.25, -0.2) is 4.98 Å². The number of carbonyl (C=O) groups is 1.